The van der Waals surface area contributed by atoms with Crippen molar-refractivity contribution in [3.8, 4) is 0 Å². The number of hydrogen-bond donors (Lipinski definition) is 2. The number of amides is 2. The largest absolute Gasteiger partial charge is 0.481 e. The van der Waals surface area contributed by atoms with Crippen LogP contribution in [-0.4, -0.2) is 40.6 Å². The monoisotopic (exact) mass is 270 g/mol. The number of likely N-dealkylation sites (tertiary alicyclic amines) is 1. The first kappa shape index (κ1) is 15.8. The molecule has 2 N–H and O–H groups in total. The van der Waals surface area contributed by atoms with Crippen molar-refractivity contribution < 1.29 is 14.7 Å². The predicted octanol–water partition coefficient (Wildman–Crippen LogP) is 2.46. The van der Waals surface area contributed by atoms with Crippen molar-refractivity contribution in [1.29, 1.82) is 0 Å². The molecule has 1 fully saturated rings. The van der Waals surface area contributed by atoms with Crippen LogP contribution in [0.2, 0.25) is 0 Å². The lowest BCUT2D eigenvalue weighted by atomic mass is 9.99. The average molecular weight is 270 g/mol. The fourth-order valence-corrected chi connectivity index (χ4v) is 2.46. The van der Waals surface area contributed by atoms with E-state index in [9.17, 15) is 9.59 Å². The van der Waals surface area contributed by atoms with Crippen molar-refractivity contribution in [1.82, 2.24) is 10.2 Å². The van der Waals surface area contributed by atoms with Gasteiger partial charge in [0.1, 0.15) is 0 Å². The van der Waals surface area contributed by atoms with E-state index in [2.05, 4.69) is 19.2 Å². The van der Waals surface area contributed by atoms with Gasteiger partial charge in [0.15, 0.2) is 0 Å². The highest BCUT2D eigenvalue weighted by Crippen LogP contribution is 2.20. The highest BCUT2D eigenvalue weighted by molar-refractivity contribution is 5.76. The summed E-state index contributed by atoms with van der Waals surface area (Å²) in [5.41, 5.74) is 0. The molecular formula is C14H26N2O3. The Kier molecular flexibility index (Phi) is 6.12. The van der Waals surface area contributed by atoms with E-state index in [-0.39, 0.29) is 24.5 Å². The van der Waals surface area contributed by atoms with E-state index in [1.54, 1.807) is 4.90 Å². The Morgan fingerprint density at radius 1 is 1.37 bits per heavy atom. The molecule has 5 heteroatoms. The van der Waals surface area contributed by atoms with Crippen LogP contribution in [-0.2, 0) is 4.79 Å². The fraction of sp³-hybridized carbons (Fsp3) is 0.857. The summed E-state index contributed by atoms with van der Waals surface area (Å²) in [4.78, 5) is 24.8. The van der Waals surface area contributed by atoms with Gasteiger partial charge in [-0.1, -0.05) is 20.3 Å². The molecule has 1 aliphatic rings. The molecule has 0 aromatic heterocycles. The number of hydrogen-bond acceptors (Lipinski definition) is 2. The van der Waals surface area contributed by atoms with Crippen LogP contribution in [0.25, 0.3) is 0 Å². The summed E-state index contributed by atoms with van der Waals surface area (Å²) in [5.74, 6) is -0.411. The Balaban J connectivity index is 2.59. The summed E-state index contributed by atoms with van der Waals surface area (Å²) in [5, 5.41) is 11.9. The SMILES string of the molecule is CCC(C)C(C)NC(=O)N1CCCCC1CC(=O)O. The van der Waals surface area contributed by atoms with Crippen molar-refractivity contribution >= 4 is 12.0 Å². The highest BCUT2D eigenvalue weighted by Gasteiger charge is 2.29. The van der Waals surface area contributed by atoms with Crippen LogP contribution in [0.3, 0.4) is 0 Å². The first-order valence-electron chi connectivity index (χ1n) is 7.24. The molecule has 5 nitrogen and oxygen atoms in total. The molecule has 110 valence electrons. The Labute approximate surface area is 115 Å². The number of aliphatic carboxylic acids is 1. The molecule has 0 radical (unpaired) electrons. The molecule has 1 aliphatic heterocycles. The Morgan fingerprint density at radius 3 is 2.63 bits per heavy atom. The zero-order chi connectivity index (χ0) is 14.4. The van der Waals surface area contributed by atoms with Crippen LogP contribution in [0, 0.1) is 5.92 Å². The average Bonchev–Trinajstić information content (AvgIpc) is 2.37. The third-order valence-electron chi connectivity index (χ3n) is 4.15. The van der Waals surface area contributed by atoms with Gasteiger partial charge in [0.25, 0.3) is 0 Å². The van der Waals surface area contributed by atoms with Crippen molar-refractivity contribution in [2.24, 2.45) is 5.92 Å². The second-order valence-corrected chi connectivity index (χ2v) is 5.56. The number of urea groups is 1. The van der Waals surface area contributed by atoms with E-state index < -0.39 is 5.97 Å². The molecule has 0 spiro atoms. The predicted molar refractivity (Wildman–Crippen MR) is 74.0 cm³/mol. The number of rotatable bonds is 5. The van der Waals surface area contributed by atoms with Gasteiger partial charge in [0.05, 0.1) is 6.42 Å². The second kappa shape index (κ2) is 7.36. The number of carbonyl (C=O) groups is 2. The lowest BCUT2D eigenvalue weighted by Crippen LogP contribution is -2.52. The lowest BCUT2D eigenvalue weighted by Gasteiger charge is -2.36. The normalized spacial score (nSPS) is 22.7. The van der Waals surface area contributed by atoms with E-state index in [4.69, 9.17) is 5.11 Å². The van der Waals surface area contributed by atoms with E-state index in [0.29, 0.717) is 12.5 Å². The molecule has 2 amide bonds. The van der Waals surface area contributed by atoms with Gasteiger partial charge in [-0.05, 0) is 32.1 Å². The van der Waals surface area contributed by atoms with Crippen molar-refractivity contribution in [3.63, 3.8) is 0 Å². The lowest BCUT2D eigenvalue weighted by molar-refractivity contribution is -0.138. The smallest absolute Gasteiger partial charge is 0.317 e. The molecule has 1 heterocycles. The Bertz CT molecular complexity index is 320. The Morgan fingerprint density at radius 2 is 2.05 bits per heavy atom. The molecule has 0 aromatic carbocycles. The number of piperidine rings is 1. The molecule has 1 rings (SSSR count). The number of nitrogens with one attached hydrogen (secondary N) is 1. The van der Waals surface area contributed by atoms with Gasteiger partial charge in [-0.2, -0.15) is 0 Å². The summed E-state index contributed by atoms with van der Waals surface area (Å²) in [6.45, 7) is 6.87. The van der Waals surface area contributed by atoms with Crippen molar-refractivity contribution in [2.75, 3.05) is 6.54 Å². The third kappa shape index (κ3) is 4.73. The number of carbonyl (C=O) groups excluding carboxylic acids is 1. The third-order valence-corrected chi connectivity index (χ3v) is 4.15. The summed E-state index contributed by atoms with van der Waals surface area (Å²) < 4.78 is 0. The maximum Gasteiger partial charge on any atom is 0.317 e. The van der Waals surface area contributed by atoms with Crippen LogP contribution < -0.4 is 5.32 Å². The summed E-state index contributed by atoms with van der Waals surface area (Å²) >= 11 is 0. The van der Waals surface area contributed by atoms with E-state index in [1.807, 2.05) is 6.92 Å². The zero-order valence-electron chi connectivity index (χ0n) is 12.2. The molecule has 0 saturated carbocycles. The van der Waals surface area contributed by atoms with Crippen LogP contribution in [0.5, 0.6) is 0 Å². The quantitative estimate of drug-likeness (QED) is 0.806. The van der Waals surface area contributed by atoms with Crippen LogP contribution in [0.4, 0.5) is 4.79 Å². The fourth-order valence-electron chi connectivity index (χ4n) is 2.46. The van der Waals surface area contributed by atoms with Gasteiger partial charge in [-0.3, -0.25) is 4.79 Å². The summed E-state index contributed by atoms with van der Waals surface area (Å²) in [6.07, 6.45) is 3.81. The van der Waals surface area contributed by atoms with Crippen molar-refractivity contribution in [3.05, 3.63) is 0 Å². The molecule has 3 atom stereocenters. The number of carboxylic acids is 1. The molecule has 3 unspecified atom stereocenters. The molecule has 0 bridgehead atoms. The number of carboxylic acid groups (broad SMARTS) is 1. The molecular weight excluding hydrogens is 244 g/mol. The van der Waals surface area contributed by atoms with Gasteiger partial charge in [0.2, 0.25) is 0 Å². The minimum absolute atomic E-state index is 0.0468. The van der Waals surface area contributed by atoms with Gasteiger partial charge in [-0.15, -0.1) is 0 Å². The molecule has 19 heavy (non-hydrogen) atoms. The minimum Gasteiger partial charge on any atom is -0.481 e. The van der Waals surface area contributed by atoms with Gasteiger partial charge >= 0.3 is 12.0 Å². The standard InChI is InChI=1S/C14H26N2O3/c1-4-10(2)11(3)15-14(19)16-8-6-5-7-12(16)9-13(17)18/h10-12H,4-9H2,1-3H3,(H,15,19)(H,17,18). The van der Waals surface area contributed by atoms with Crippen molar-refractivity contribution in [2.45, 2.75) is 65.0 Å². The second-order valence-electron chi connectivity index (χ2n) is 5.56. The maximum atomic E-state index is 12.2. The molecule has 0 aliphatic carbocycles. The summed E-state index contributed by atoms with van der Waals surface area (Å²) in [6, 6.07) is -0.154. The molecule has 1 saturated heterocycles. The van der Waals surface area contributed by atoms with E-state index in [0.717, 1.165) is 25.7 Å². The molecule has 0 aromatic rings. The van der Waals surface area contributed by atoms with Gasteiger partial charge < -0.3 is 15.3 Å². The topological polar surface area (TPSA) is 69.6 Å². The van der Waals surface area contributed by atoms with Crippen LogP contribution in [0.15, 0.2) is 0 Å². The van der Waals surface area contributed by atoms with Gasteiger partial charge in [0, 0.05) is 18.6 Å². The zero-order valence-corrected chi connectivity index (χ0v) is 12.2. The van der Waals surface area contributed by atoms with E-state index in [1.165, 1.54) is 0 Å². The Hall–Kier alpha value is -1.26. The minimum atomic E-state index is -0.834. The van der Waals surface area contributed by atoms with Gasteiger partial charge in [-0.25, -0.2) is 4.79 Å². The number of nitrogens with zero attached hydrogens (tertiary/aromatic N) is 1. The first-order chi connectivity index (χ1) is 8.95. The summed E-state index contributed by atoms with van der Waals surface area (Å²) in [7, 11) is 0. The van der Waals surface area contributed by atoms with Crippen LogP contribution in [0.1, 0.15) is 52.9 Å². The first-order valence-corrected chi connectivity index (χ1v) is 7.24. The highest BCUT2D eigenvalue weighted by atomic mass is 16.4. The van der Waals surface area contributed by atoms with E-state index >= 15 is 0 Å². The maximum absolute atomic E-state index is 12.2. The van der Waals surface area contributed by atoms with Crippen LogP contribution >= 0.6 is 0 Å².